The van der Waals surface area contributed by atoms with E-state index in [-0.39, 0.29) is 25.7 Å². The second-order valence-corrected chi connectivity index (χ2v) is 36.3. The Morgan fingerprint density at radius 2 is 0.681 bits per heavy atom. The summed E-state index contributed by atoms with van der Waals surface area (Å²) in [4.78, 5) is 66.5. The van der Waals surface area contributed by atoms with Gasteiger partial charge in [0.1, 0.15) is 92.6 Å². The summed E-state index contributed by atoms with van der Waals surface area (Å²) in [7, 11) is -5.81. The standard InChI is InChI=1S/C93H173O25P/c1-6-10-14-18-22-25-28-31-33-35-38-41-44-47-55-61-67-79(98)115-88-84(103)85(104)89(116-92-86(105)82(101)80(99)74(68-94)113-92)91(90(88)117-93-87(106)83(102)81(100)75(114-93)71-110-77(96)65-59-53-49-48-51-57-63-72(5)62-56-50-21-17-13-9-4)118-119(107,108)111-70-73(112-78(97)66-60-54-46-43-40-36-30-27-24-20-16-12-8-3)69-109-76(95)64-58-52-45-42-39-37-34-32-29-26-23-19-15-11-7-2/h36,40,72-75,80-94,99-106H,6-35,37-39,41-71H2,1-5H3,(H,107,108)/b40-36-. The lowest BCUT2D eigenvalue weighted by Gasteiger charge is -2.50. The van der Waals surface area contributed by atoms with Crippen LogP contribution in [0, 0.1) is 5.92 Å². The van der Waals surface area contributed by atoms with E-state index in [2.05, 4.69) is 46.8 Å². The number of phosphoric ester groups is 1. The predicted molar refractivity (Wildman–Crippen MR) is 463 cm³/mol. The molecule has 19 unspecified atom stereocenters. The maximum atomic E-state index is 14.9. The van der Waals surface area contributed by atoms with Crippen LogP contribution < -0.4 is 0 Å². The molecule has 0 bridgehead atoms. The molecule has 3 rings (SSSR count). The second-order valence-electron chi connectivity index (χ2n) is 34.9. The number of esters is 4. The Balaban J connectivity index is 1.91. The Morgan fingerprint density at radius 3 is 1.09 bits per heavy atom. The first-order valence-corrected chi connectivity index (χ1v) is 49.8. The van der Waals surface area contributed by atoms with Crippen LogP contribution in [0.4, 0.5) is 0 Å². The number of hydrogen-bond acceptors (Lipinski definition) is 24. The van der Waals surface area contributed by atoms with Crippen molar-refractivity contribution in [2.24, 2.45) is 5.92 Å². The predicted octanol–water partition coefficient (Wildman–Crippen LogP) is 18.2. The molecule has 3 fully saturated rings. The summed E-state index contributed by atoms with van der Waals surface area (Å²) in [6.07, 6.45) is 29.1. The fraction of sp³-hybridized carbons (Fsp3) is 0.935. The average molecular weight is 1720 g/mol. The van der Waals surface area contributed by atoms with E-state index < -0.39 is 162 Å². The van der Waals surface area contributed by atoms with Crippen molar-refractivity contribution in [1.29, 1.82) is 0 Å². The van der Waals surface area contributed by atoms with Gasteiger partial charge in [-0.3, -0.25) is 28.2 Å². The van der Waals surface area contributed by atoms with E-state index in [0.29, 0.717) is 44.4 Å². The van der Waals surface area contributed by atoms with E-state index in [9.17, 15) is 74.6 Å². The third kappa shape index (κ3) is 51.6. The van der Waals surface area contributed by atoms with Crippen molar-refractivity contribution in [2.75, 3.05) is 26.4 Å². The van der Waals surface area contributed by atoms with Crippen LogP contribution in [0.1, 0.15) is 420 Å². The summed E-state index contributed by atoms with van der Waals surface area (Å²) in [5, 5.41) is 102. The lowest BCUT2D eigenvalue weighted by atomic mass is 9.84. The molecule has 25 nitrogen and oxygen atoms in total. The van der Waals surface area contributed by atoms with Crippen molar-refractivity contribution in [3.8, 4) is 0 Å². The van der Waals surface area contributed by atoms with Gasteiger partial charge in [-0.2, -0.15) is 0 Å². The molecule has 0 aromatic carbocycles. The van der Waals surface area contributed by atoms with E-state index in [1.165, 1.54) is 199 Å². The smallest absolute Gasteiger partial charge is 0.463 e. The zero-order valence-corrected chi connectivity index (χ0v) is 75.7. The van der Waals surface area contributed by atoms with Crippen LogP contribution >= 0.6 is 7.82 Å². The Labute approximate surface area is 718 Å². The monoisotopic (exact) mass is 1720 g/mol. The van der Waals surface area contributed by atoms with E-state index in [1.807, 2.05) is 0 Å². The van der Waals surface area contributed by atoms with Crippen LogP contribution in [-0.4, -0.2) is 205 Å². The van der Waals surface area contributed by atoms with Gasteiger partial charge in [-0.1, -0.05) is 355 Å². The molecule has 119 heavy (non-hydrogen) atoms. The van der Waals surface area contributed by atoms with Crippen LogP contribution in [0.5, 0.6) is 0 Å². The molecule has 10 N–H and O–H groups in total. The van der Waals surface area contributed by atoms with Crippen molar-refractivity contribution >= 4 is 31.7 Å². The van der Waals surface area contributed by atoms with Gasteiger partial charge in [-0.05, 0) is 57.3 Å². The van der Waals surface area contributed by atoms with Gasteiger partial charge in [0, 0.05) is 25.7 Å². The van der Waals surface area contributed by atoms with Gasteiger partial charge in [0.15, 0.2) is 24.8 Å². The minimum Gasteiger partial charge on any atom is -0.463 e. The number of ether oxygens (including phenoxy) is 8. The highest BCUT2D eigenvalue weighted by molar-refractivity contribution is 7.47. The number of unbranched alkanes of at least 4 members (excludes halogenated alkanes) is 48. The fourth-order valence-corrected chi connectivity index (χ4v) is 17.1. The van der Waals surface area contributed by atoms with E-state index in [4.69, 9.17) is 46.9 Å². The van der Waals surface area contributed by atoms with Gasteiger partial charge >= 0.3 is 31.7 Å². The van der Waals surface area contributed by atoms with Crippen molar-refractivity contribution in [1.82, 2.24) is 0 Å². The van der Waals surface area contributed by atoms with Gasteiger partial charge < -0.3 is 88.7 Å². The number of phosphoric acid groups is 1. The minimum atomic E-state index is -5.81. The molecule has 26 heteroatoms. The van der Waals surface area contributed by atoms with Gasteiger partial charge in [0.2, 0.25) is 0 Å². The van der Waals surface area contributed by atoms with Gasteiger partial charge in [-0.15, -0.1) is 0 Å². The van der Waals surface area contributed by atoms with Crippen LogP contribution in [0.15, 0.2) is 12.2 Å². The molecular formula is C93H173O25P. The van der Waals surface area contributed by atoms with Crippen molar-refractivity contribution in [3.05, 3.63) is 12.2 Å². The molecule has 1 aliphatic carbocycles. The molecule has 19 atom stereocenters. The second kappa shape index (κ2) is 71.3. The third-order valence-corrected chi connectivity index (χ3v) is 24.9. The third-order valence-electron chi connectivity index (χ3n) is 23.9. The van der Waals surface area contributed by atoms with Crippen LogP contribution in [0.3, 0.4) is 0 Å². The number of allylic oxidation sites excluding steroid dienone is 2. The molecule has 0 aromatic rings. The number of hydrogen-bond donors (Lipinski definition) is 10. The number of aliphatic hydroxyl groups is 9. The molecule has 3 aliphatic rings. The normalized spacial score (nSPS) is 25.1. The van der Waals surface area contributed by atoms with Crippen molar-refractivity contribution in [3.63, 3.8) is 0 Å². The van der Waals surface area contributed by atoms with Crippen molar-refractivity contribution in [2.45, 2.75) is 524 Å². The van der Waals surface area contributed by atoms with E-state index in [0.717, 1.165) is 122 Å². The fourth-order valence-electron chi connectivity index (χ4n) is 16.1. The molecule has 2 aliphatic heterocycles. The first kappa shape index (κ1) is 110. The maximum Gasteiger partial charge on any atom is 0.472 e. The summed E-state index contributed by atoms with van der Waals surface area (Å²) in [5.41, 5.74) is 0. The highest BCUT2D eigenvalue weighted by atomic mass is 31.2. The van der Waals surface area contributed by atoms with Gasteiger partial charge in [-0.25, -0.2) is 4.57 Å². The van der Waals surface area contributed by atoms with E-state index >= 15 is 0 Å². The molecule has 0 radical (unpaired) electrons. The largest absolute Gasteiger partial charge is 0.472 e. The molecule has 0 amide bonds. The van der Waals surface area contributed by atoms with Gasteiger partial charge in [0.05, 0.1) is 13.2 Å². The Kier molecular flexibility index (Phi) is 66.1. The van der Waals surface area contributed by atoms with Crippen LogP contribution in [0.2, 0.25) is 0 Å². The molecule has 0 spiro atoms. The minimum absolute atomic E-state index is 0.0156. The van der Waals surface area contributed by atoms with Crippen LogP contribution in [0.25, 0.3) is 0 Å². The quantitative estimate of drug-likeness (QED) is 0.00889. The molecule has 1 saturated carbocycles. The van der Waals surface area contributed by atoms with Gasteiger partial charge in [0.25, 0.3) is 0 Å². The topological polar surface area (TPSA) is 380 Å². The summed E-state index contributed by atoms with van der Waals surface area (Å²) >= 11 is 0. The number of carbonyl (C=O) groups is 4. The average Bonchev–Trinajstić information content (AvgIpc) is 0.754. The zero-order valence-electron chi connectivity index (χ0n) is 74.8. The molecule has 700 valence electrons. The Bertz CT molecular complexity index is 2530. The lowest BCUT2D eigenvalue weighted by molar-refractivity contribution is -0.360. The summed E-state index contributed by atoms with van der Waals surface area (Å²) < 4.78 is 73.5. The number of rotatable bonds is 78. The van der Waals surface area contributed by atoms with E-state index in [1.54, 1.807) is 0 Å². The summed E-state index contributed by atoms with van der Waals surface area (Å²) in [6, 6.07) is 0. The zero-order chi connectivity index (χ0) is 86.9. The first-order valence-electron chi connectivity index (χ1n) is 48.3. The summed E-state index contributed by atoms with van der Waals surface area (Å²) in [6.45, 7) is 7.93. The molecule has 2 saturated heterocycles. The molecule has 0 aromatic heterocycles. The lowest BCUT2D eigenvalue weighted by Crippen LogP contribution is -2.70. The molecular weight excluding hydrogens is 1550 g/mol. The first-order chi connectivity index (χ1) is 57.6. The number of aliphatic hydroxyl groups excluding tert-OH is 9. The highest BCUT2D eigenvalue weighted by Crippen LogP contribution is 2.49. The maximum absolute atomic E-state index is 14.9. The summed E-state index contributed by atoms with van der Waals surface area (Å²) in [5.74, 6) is -2.28. The van der Waals surface area contributed by atoms with Crippen LogP contribution in [-0.2, 0) is 70.7 Å². The Morgan fingerprint density at radius 1 is 0.353 bits per heavy atom. The SMILES string of the molecule is CCCCCCCC/C=C\CCCCCC(=O)OC(COC(=O)CCCCCCCCCCCCCCCCC)COP(=O)(O)OC1C(OC2OC(CO)C(O)C(O)C2O)C(O)C(O)C(OC(=O)CCCCCCCCCCCCCCCCCC)C1OC1OC(COC(=O)CCCCCCCCC(C)CCCCCCCC)C(O)C(O)C1O. The number of carbonyl (C=O) groups excluding carboxylic acids is 4. The Hall–Kier alpha value is -2.79. The molecule has 2 heterocycles. The van der Waals surface area contributed by atoms with Crippen molar-refractivity contribution < 1.29 is 122 Å². The highest BCUT2D eigenvalue weighted by Gasteiger charge is 2.60.